The standard InChI is InChI=1S/C15H22O3/c1-10-6-11(2)14(18-5)12(7-10)8-15(3,4)9-13(16)17/h6-7H,8-9H2,1-5H3,(H,16,17). The van der Waals surface area contributed by atoms with Crippen molar-refractivity contribution in [3.8, 4) is 5.75 Å². The summed E-state index contributed by atoms with van der Waals surface area (Å²) in [5, 5.41) is 8.93. The number of aliphatic carboxylic acids is 1. The second-order valence-electron chi connectivity index (χ2n) is 5.69. The third kappa shape index (κ3) is 3.76. The minimum atomic E-state index is -0.761. The molecule has 0 heterocycles. The first-order valence-electron chi connectivity index (χ1n) is 6.11. The fourth-order valence-corrected chi connectivity index (χ4v) is 2.45. The maximum Gasteiger partial charge on any atom is 0.303 e. The molecule has 0 aliphatic heterocycles. The minimum absolute atomic E-state index is 0.156. The number of methoxy groups -OCH3 is 1. The topological polar surface area (TPSA) is 46.5 Å². The van der Waals surface area contributed by atoms with E-state index in [0.717, 1.165) is 16.9 Å². The van der Waals surface area contributed by atoms with Crippen molar-refractivity contribution in [2.24, 2.45) is 5.41 Å². The SMILES string of the molecule is COc1c(C)cc(C)cc1CC(C)(C)CC(=O)O. The maximum atomic E-state index is 10.9. The molecule has 1 N–H and O–H groups in total. The van der Waals surface area contributed by atoms with E-state index in [4.69, 9.17) is 9.84 Å². The fourth-order valence-electron chi connectivity index (χ4n) is 2.45. The van der Waals surface area contributed by atoms with Crippen LogP contribution in [-0.2, 0) is 11.2 Å². The average Bonchev–Trinajstić information content (AvgIpc) is 2.13. The lowest BCUT2D eigenvalue weighted by Gasteiger charge is -2.24. The van der Waals surface area contributed by atoms with Crippen LogP contribution in [0.15, 0.2) is 12.1 Å². The Bertz CT molecular complexity index is 447. The van der Waals surface area contributed by atoms with Crippen LogP contribution < -0.4 is 4.74 Å². The molecule has 0 bridgehead atoms. The van der Waals surface area contributed by atoms with E-state index in [0.29, 0.717) is 6.42 Å². The van der Waals surface area contributed by atoms with E-state index in [9.17, 15) is 4.79 Å². The number of aryl methyl sites for hydroxylation is 2. The molecule has 0 radical (unpaired) electrons. The summed E-state index contributed by atoms with van der Waals surface area (Å²) in [6.45, 7) is 8.00. The molecule has 0 amide bonds. The first-order valence-corrected chi connectivity index (χ1v) is 6.11. The van der Waals surface area contributed by atoms with Crippen LogP contribution in [0.2, 0.25) is 0 Å². The lowest BCUT2D eigenvalue weighted by atomic mass is 9.81. The van der Waals surface area contributed by atoms with E-state index in [1.54, 1.807) is 7.11 Å². The van der Waals surface area contributed by atoms with Crippen molar-refractivity contribution in [2.75, 3.05) is 7.11 Å². The minimum Gasteiger partial charge on any atom is -0.496 e. The summed E-state index contributed by atoms with van der Waals surface area (Å²) in [5.74, 6) is 0.113. The monoisotopic (exact) mass is 250 g/mol. The van der Waals surface area contributed by atoms with Gasteiger partial charge >= 0.3 is 5.97 Å². The van der Waals surface area contributed by atoms with Gasteiger partial charge in [-0.15, -0.1) is 0 Å². The zero-order valence-corrected chi connectivity index (χ0v) is 11.8. The Hall–Kier alpha value is -1.51. The van der Waals surface area contributed by atoms with Crippen LogP contribution >= 0.6 is 0 Å². The lowest BCUT2D eigenvalue weighted by molar-refractivity contribution is -0.139. The molecule has 0 aliphatic rings. The van der Waals surface area contributed by atoms with Crippen LogP contribution in [0.4, 0.5) is 0 Å². The third-order valence-electron chi connectivity index (χ3n) is 3.00. The van der Waals surface area contributed by atoms with Gasteiger partial charge in [-0.3, -0.25) is 4.79 Å². The number of carboxylic acid groups (broad SMARTS) is 1. The third-order valence-corrected chi connectivity index (χ3v) is 3.00. The van der Waals surface area contributed by atoms with E-state index in [2.05, 4.69) is 12.1 Å². The first kappa shape index (κ1) is 14.6. The summed E-state index contributed by atoms with van der Waals surface area (Å²) in [6, 6.07) is 4.15. The van der Waals surface area contributed by atoms with Crippen LogP contribution in [0.1, 0.15) is 37.0 Å². The molecular formula is C15H22O3. The zero-order valence-electron chi connectivity index (χ0n) is 11.8. The van der Waals surface area contributed by atoms with Gasteiger partial charge in [-0.1, -0.05) is 31.5 Å². The Morgan fingerprint density at radius 1 is 1.33 bits per heavy atom. The molecule has 3 heteroatoms. The van der Waals surface area contributed by atoms with Crippen molar-refractivity contribution in [2.45, 2.75) is 40.5 Å². The van der Waals surface area contributed by atoms with Gasteiger partial charge in [0.25, 0.3) is 0 Å². The van der Waals surface area contributed by atoms with Crippen molar-refractivity contribution in [3.05, 3.63) is 28.8 Å². The fraction of sp³-hybridized carbons (Fsp3) is 0.533. The molecule has 0 atom stereocenters. The van der Waals surface area contributed by atoms with Crippen molar-refractivity contribution < 1.29 is 14.6 Å². The zero-order chi connectivity index (χ0) is 13.9. The number of carboxylic acids is 1. The van der Waals surface area contributed by atoms with Crippen molar-refractivity contribution in [1.29, 1.82) is 0 Å². The second-order valence-corrected chi connectivity index (χ2v) is 5.69. The molecule has 0 saturated heterocycles. The van der Waals surface area contributed by atoms with E-state index in [1.165, 1.54) is 5.56 Å². The van der Waals surface area contributed by atoms with Gasteiger partial charge in [0, 0.05) is 0 Å². The summed E-state index contributed by atoms with van der Waals surface area (Å²) in [5.41, 5.74) is 3.08. The van der Waals surface area contributed by atoms with Crippen LogP contribution in [0, 0.1) is 19.3 Å². The summed E-state index contributed by atoms with van der Waals surface area (Å²) in [4.78, 5) is 10.9. The summed E-state index contributed by atoms with van der Waals surface area (Å²) in [6.07, 6.45) is 0.855. The van der Waals surface area contributed by atoms with Crippen LogP contribution in [0.3, 0.4) is 0 Å². The number of carbonyl (C=O) groups is 1. The Labute approximate surface area is 109 Å². The van der Waals surface area contributed by atoms with Gasteiger partial charge in [-0.2, -0.15) is 0 Å². The van der Waals surface area contributed by atoms with E-state index in [1.807, 2.05) is 27.7 Å². The highest BCUT2D eigenvalue weighted by molar-refractivity contribution is 5.67. The highest BCUT2D eigenvalue weighted by Gasteiger charge is 2.24. The summed E-state index contributed by atoms with van der Waals surface area (Å²) >= 11 is 0. The lowest BCUT2D eigenvalue weighted by Crippen LogP contribution is -2.20. The molecule has 100 valence electrons. The normalized spacial score (nSPS) is 11.4. The highest BCUT2D eigenvalue weighted by atomic mass is 16.5. The second kappa shape index (κ2) is 5.42. The highest BCUT2D eigenvalue weighted by Crippen LogP contribution is 2.33. The van der Waals surface area contributed by atoms with Crippen molar-refractivity contribution in [3.63, 3.8) is 0 Å². The number of ether oxygens (including phenoxy) is 1. The van der Waals surface area contributed by atoms with Crippen LogP contribution in [0.25, 0.3) is 0 Å². The first-order chi connectivity index (χ1) is 8.25. The van der Waals surface area contributed by atoms with E-state index in [-0.39, 0.29) is 11.8 Å². The molecule has 3 nitrogen and oxygen atoms in total. The van der Waals surface area contributed by atoms with Gasteiger partial charge in [0.05, 0.1) is 13.5 Å². The van der Waals surface area contributed by atoms with Gasteiger partial charge in [0.15, 0.2) is 0 Å². The average molecular weight is 250 g/mol. The molecule has 1 aromatic rings. The van der Waals surface area contributed by atoms with Crippen molar-refractivity contribution >= 4 is 5.97 Å². The molecule has 18 heavy (non-hydrogen) atoms. The number of rotatable bonds is 5. The maximum absolute atomic E-state index is 10.9. The molecule has 0 spiro atoms. The van der Waals surface area contributed by atoms with E-state index >= 15 is 0 Å². The largest absolute Gasteiger partial charge is 0.496 e. The smallest absolute Gasteiger partial charge is 0.303 e. The molecule has 0 saturated carbocycles. The predicted molar refractivity (Wildman–Crippen MR) is 72.2 cm³/mol. The molecule has 0 unspecified atom stereocenters. The Morgan fingerprint density at radius 2 is 1.94 bits per heavy atom. The quantitative estimate of drug-likeness (QED) is 0.871. The van der Waals surface area contributed by atoms with Crippen LogP contribution in [-0.4, -0.2) is 18.2 Å². The number of benzene rings is 1. The van der Waals surface area contributed by atoms with Gasteiger partial charge in [-0.05, 0) is 36.8 Å². The molecule has 0 aliphatic carbocycles. The van der Waals surface area contributed by atoms with E-state index < -0.39 is 5.97 Å². The number of hydrogen-bond acceptors (Lipinski definition) is 2. The van der Waals surface area contributed by atoms with Crippen molar-refractivity contribution in [1.82, 2.24) is 0 Å². The van der Waals surface area contributed by atoms with Gasteiger partial charge in [0.2, 0.25) is 0 Å². The molecular weight excluding hydrogens is 228 g/mol. The Kier molecular flexibility index (Phi) is 4.38. The van der Waals surface area contributed by atoms with Crippen LogP contribution in [0.5, 0.6) is 5.75 Å². The predicted octanol–water partition coefficient (Wildman–Crippen LogP) is 3.36. The van der Waals surface area contributed by atoms with Gasteiger partial charge in [-0.25, -0.2) is 0 Å². The van der Waals surface area contributed by atoms with Gasteiger partial charge < -0.3 is 9.84 Å². The summed E-state index contributed by atoms with van der Waals surface area (Å²) in [7, 11) is 1.66. The number of hydrogen-bond donors (Lipinski definition) is 1. The molecule has 0 fully saturated rings. The Morgan fingerprint density at radius 3 is 2.44 bits per heavy atom. The molecule has 1 rings (SSSR count). The molecule has 1 aromatic carbocycles. The summed E-state index contributed by atoms with van der Waals surface area (Å²) < 4.78 is 5.43. The van der Waals surface area contributed by atoms with Gasteiger partial charge in [0.1, 0.15) is 5.75 Å². The molecule has 0 aromatic heterocycles. The Balaban J connectivity index is 3.06.